The van der Waals surface area contributed by atoms with Crippen LogP contribution in [0.25, 0.3) is 21.8 Å². The second-order valence-corrected chi connectivity index (χ2v) is 13.1. The fraction of sp³-hybridized carbons (Fsp3) is 0.0667. The Morgan fingerprint density at radius 1 is 0.725 bits per heavy atom. The maximum absolute atomic E-state index is 14.5. The molecule has 2 heterocycles. The number of benzene rings is 4. The number of sulfone groups is 1. The Morgan fingerprint density at radius 3 is 1.98 bits per heavy atom. The Labute approximate surface area is 231 Å². The number of methoxy groups -OCH3 is 1. The molecule has 202 valence electrons. The molecule has 0 amide bonds. The van der Waals surface area contributed by atoms with Gasteiger partial charge in [-0.05, 0) is 53.9 Å². The molecule has 2 aromatic heterocycles. The molecule has 6 aromatic rings. The van der Waals surface area contributed by atoms with E-state index >= 15 is 0 Å². The maximum Gasteiger partial charge on any atom is 0.268 e. The summed E-state index contributed by atoms with van der Waals surface area (Å²) in [6, 6.07) is 29.9. The van der Waals surface area contributed by atoms with Gasteiger partial charge in [0.05, 0.1) is 28.3 Å². The Morgan fingerprint density at radius 2 is 1.32 bits per heavy atom. The highest BCUT2D eigenvalue weighted by Crippen LogP contribution is 2.44. The second-order valence-electron chi connectivity index (χ2n) is 9.24. The van der Waals surface area contributed by atoms with Crippen LogP contribution in [0.4, 0.5) is 0 Å². The summed E-state index contributed by atoms with van der Waals surface area (Å²) in [5, 5.41) is 13.7. The molecule has 0 radical (unpaired) electrons. The van der Waals surface area contributed by atoms with Crippen LogP contribution in [0.3, 0.4) is 0 Å². The lowest BCUT2D eigenvalue weighted by Gasteiger charge is -2.29. The molecule has 0 spiro atoms. The SMILES string of the molecule is COc1cccc2cc(C(O)(c3cc4ccccc4[nH]3)S(=O)(=O)c3ccccc3)n(S(=O)(=O)c3ccccc3)c12. The minimum atomic E-state index is -4.69. The van der Waals surface area contributed by atoms with Gasteiger partial charge in [0.1, 0.15) is 11.3 Å². The van der Waals surface area contributed by atoms with E-state index in [1.807, 2.05) is 0 Å². The van der Waals surface area contributed by atoms with Crippen molar-refractivity contribution in [3.05, 3.63) is 127 Å². The minimum absolute atomic E-state index is 0.0873. The molecule has 4 aromatic carbocycles. The summed E-state index contributed by atoms with van der Waals surface area (Å²) in [6.45, 7) is 0. The largest absolute Gasteiger partial charge is 0.495 e. The van der Waals surface area contributed by atoms with Crippen molar-refractivity contribution in [2.24, 2.45) is 0 Å². The smallest absolute Gasteiger partial charge is 0.268 e. The summed E-state index contributed by atoms with van der Waals surface area (Å²) in [4.78, 5) is -0.0991. The fourth-order valence-corrected chi connectivity index (χ4v) is 8.32. The van der Waals surface area contributed by atoms with Gasteiger partial charge in [-0.3, -0.25) is 0 Å². The summed E-state index contributed by atoms with van der Waals surface area (Å²) in [7, 11) is -7.74. The molecule has 1 atom stereocenters. The molecular weight excluding hydrogens is 548 g/mol. The van der Waals surface area contributed by atoms with Crippen LogP contribution in [-0.2, 0) is 24.8 Å². The summed E-state index contributed by atoms with van der Waals surface area (Å²) in [5.41, 5.74) is 0.182. The summed E-state index contributed by atoms with van der Waals surface area (Å²) >= 11 is 0. The van der Waals surface area contributed by atoms with E-state index in [2.05, 4.69) is 4.98 Å². The van der Waals surface area contributed by atoms with Crippen LogP contribution in [-0.4, -0.2) is 38.0 Å². The fourth-order valence-electron chi connectivity index (χ4n) is 4.99. The molecule has 0 fully saturated rings. The standard InChI is InChI=1S/C30H24N2O6S2/c1-38-26-18-10-12-22-20-28(32(29(22)26)40(36,37)24-15-6-3-7-16-24)30(33,39(34,35)23-13-4-2-5-14-23)27-19-21-11-8-9-17-25(21)31-27/h2-20,31,33H,1H3. The van der Waals surface area contributed by atoms with E-state index in [9.17, 15) is 21.9 Å². The summed E-state index contributed by atoms with van der Waals surface area (Å²) in [6.07, 6.45) is 0. The number of rotatable bonds is 7. The van der Waals surface area contributed by atoms with Crippen molar-refractivity contribution in [1.29, 1.82) is 0 Å². The van der Waals surface area contributed by atoms with Gasteiger partial charge in [-0.15, -0.1) is 0 Å². The Bertz CT molecular complexity index is 2050. The van der Waals surface area contributed by atoms with Crippen molar-refractivity contribution in [3.63, 3.8) is 0 Å². The average molecular weight is 573 g/mol. The van der Waals surface area contributed by atoms with Crippen LogP contribution in [0.15, 0.2) is 125 Å². The topological polar surface area (TPSA) is 118 Å². The van der Waals surface area contributed by atoms with Crippen molar-refractivity contribution < 1.29 is 26.7 Å². The second kappa shape index (κ2) is 9.37. The van der Waals surface area contributed by atoms with Crippen molar-refractivity contribution in [2.45, 2.75) is 14.7 Å². The number of fused-ring (bicyclic) bond motifs is 2. The number of hydrogen-bond donors (Lipinski definition) is 2. The van der Waals surface area contributed by atoms with Gasteiger partial charge in [0, 0.05) is 10.9 Å². The van der Waals surface area contributed by atoms with Crippen molar-refractivity contribution in [3.8, 4) is 5.75 Å². The number of nitrogens with one attached hydrogen (secondary N) is 1. The highest BCUT2D eigenvalue weighted by Gasteiger charge is 2.51. The number of H-pyrrole nitrogens is 1. The lowest BCUT2D eigenvalue weighted by atomic mass is 10.1. The number of ether oxygens (including phenoxy) is 1. The van der Waals surface area contributed by atoms with Crippen LogP contribution >= 0.6 is 0 Å². The molecular formula is C30H24N2O6S2. The number of nitrogens with zero attached hydrogens (tertiary/aromatic N) is 1. The zero-order valence-electron chi connectivity index (χ0n) is 21.2. The van der Waals surface area contributed by atoms with E-state index in [1.165, 1.54) is 55.6 Å². The van der Waals surface area contributed by atoms with Gasteiger partial charge in [0.2, 0.25) is 9.84 Å². The molecule has 0 aliphatic heterocycles. The third kappa shape index (κ3) is 3.75. The van der Waals surface area contributed by atoms with Gasteiger partial charge in [0.25, 0.3) is 15.0 Å². The molecule has 8 nitrogen and oxygen atoms in total. The first-order chi connectivity index (χ1) is 19.2. The van der Waals surface area contributed by atoms with E-state index < -0.39 is 24.8 Å². The van der Waals surface area contributed by atoms with Crippen LogP contribution in [0, 0.1) is 0 Å². The number of aromatic nitrogens is 2. The zero-order chi connectivity index (χ0) is 28.1. The molecule has 0 saturated carbocycles. The van der Waals surface area contributed by atoms with E-state index in [1.54, 1.807) is 66.7 Å². The average Bonchev–Trinajstić information content (AvgIpc) is 3.60. The molecule has 0 aliphatic carbocycles. The first-order valence-electron chi connectivity index (χ1n) is 12.3. The Kier molecular flexibility index (Phi) is 6.06. The lowest BCUT2D eigenvalue weighted by Crippen LogP contribution is -2.40. The van der Waals surface area contributed by atoms with Crippen molar-refractivity contribution >= 4 is 41.7 Å². The highest BCUT2D eigenvalue weighted by molar-refractivity contribution is 7.92. The predicted molar refractivity (Wildman–Crippen MR) is 152 cm³/mol. The molecule has 40 heavy (non-hydrogen) atoms. The number of aromatic amines is 1. The zero-order valence-corrected chi connectivity index (χ0v) is 22.9. The van der Waals surface area contributed by atoms with Gasteiger partial charge in [0.15, 0.2) is 0 Å². The van der Waals surface area contributed by atoms with E-state index in [4.69, 9.17) is 4.74 Å². The normalized spacial score (nSPS) is 13.8. The Hall–Kier alpha value is -4.38. The molecule has 2 N–H and O–H groups in total. The van der Waals surface area contributed by atoms with Crippen LogP contribution in [0.1, 0.15) is 11.4 Å². The molecule has 0 saturated heterocycles. The summed E-state index contributed by atoms with van der Waals surface area (Å²) in [5.74, 6) is 0.194. The van der Waals surface area contributed by atoms with Crippen LogP contribution in [0.2, 0.25) is 0 Å². The van der Waals surface area contributed by atoms with Gasteiger partial charge in [-0.1, -0.05) is 66.7 Å². The van der Waals surface area contributed by atoms with Crippen molar-refractivity contribution in [1.82, 2.24) is 8.96 Å². The Balaban J connectivity index is 1.80. The third-order valence-corrected chi connectivity index (χ3v) is 10.8. The predicted octanol–water partition coefficient (Wildman–Crippen LogP) is 5.04. The quantitative estimate of drug-likeness (QED) is 0.277. The van der Waals surface area contributed by atoms with Gasteiger partial charge in [-0.25, -0.2) is 20.8 Å². The van der Waals surface area contributed by atoms with Gasteiger partial charge >= 0.3 is 0 Å². The number of para-hydroxylation sites is 2. The van der Waals surface area contributed by atoms with Crippen molar-refractivity contribution in [2.75, 3.05) is 7.11 Å². The van der Waals surface area contributed by atoms with Gasteiger partial charge in [-0.2, -0.15) is 0 Å². The monoisotopic (exact) mass is 572 g/mol. The number of hydrogen-bond acceptors (Lipinski definition) is 6. The maximum atomic E-state index is 14.5. The van der Waals surface area contributed by atoms with Crippen LogP contribution < -0.4 is 4.74 Å². The third-order valence-electron chi connectivity index (χ3n) is 6.93. The lowest BCUT2D eigenvalue weighted by molar-refractivity contribution is 0.157. The van der Waals surface area contributed by atoms with E-state index in [-0.39, 0.29) is 32.4 Å². The molecule has 0 bridgehead atoms. The van der Waals surface area contributed by atoms with Crippen LogP contribution in [0.5, 0.6) is 5.75 Å². The first kappa shape index (κ1) is 25.9. The minimum Gasteiger partial charge on any atom is -0.495 e. The first-order valence-corrected chi connectivity index (χ1v) is 15.2. The molecule has 10 heteroatoms. The number of aliphatic hydroxyl groups is 1. The molecule has 6 rings (SSSR count). The highest BCUT2D eigenvalue weighted by atomic mass is 32.2. The van der Waals surface area contributed by atoms with Gasteiger partial charge < -0.3 is 14.8 Å². The molecule has 1 unspecified atom stereocenters. The van der Waals surface area contributed by atoms with E-state index in [0.29, 0.717) is 16.3 Å². The summed E-state index contributed by atoms with van der Waals surface area (Å²) < 4.78 is 63.9. The molecule has 0 aliphatic rings. The van der Waals surface area contributed by atoms with E-state index in [0.717, 1.165) is 3.97 Å².